The first kappa shape index (κ1) is 12.5. The number of methoxy groups -OCH3 is 1. The summed E-state index contributed by atoms with van der Waals surface area (Å²) in [5.74, 6) is 0.444. The van der Waals surface area contributed by atoms with Crippen LogP contribution in [0.15, 0.2) is 0 Å². The van der Waals surface area contributed by atoms with Crippen molar-refractivity contribution >= 4 is 11.6 Å². The first-order valence-corrected chi connectivity index (χ1v) is 5.83. The van der Waals surface area contributed by atoms with E-state index in [0.29, 0.717) is 5.88 Å². The number of hydrogen-bond acceptors (Lipinski definition) is 3. The van der Waals surface area contributed by atoms with Gasteiger partial charge in [0.1, 0.15) is 5.69 Å². The minimum absolute atomic E-state index is 0.444. The third-order valence-corrected chi connectivity index (χ3v) is 2.50. The van der Waals surface area contributed by atoms with Gasteiger partial charge >= 0.3 is 0 Å². The van der Waals surface area contributed by atoms with Crippen LogP contribution in [0, 0.1) is 0 Å². The summed E-state index contributed by atoms with van der Waals surface area (Å²) in [5.41, 5.74) is 2.08. The summed E-state index contributed by atoms with van der Waals surface area (Å²) in [6.45, 7) is 3.75. The molecule has 15 heavy (non-hydrogen) atoms. The normalized spacial score (nSPS) is 10.9. The van der Waals surface area contributed by atoms with Crippen LogP contribution < -0.4 is 0 Å². The molecule has 0 saturated heterocycles. The van der Waals surface area contributed by atoms with E-state index >= 15 is 0 Å². The van der Waals surface area contributed by atoms with Crippen LogP contribution in [-0.4, -0.2) is 28.7 Å². The summed E-state index contributed by atoms with van der Waals surface area (Å²) in [6.07, 6.45) is 3.03. The molecule has 0 amide bonds. The lowest BCUT2D eigenvalue weighted by atomic mass is 10.2. The minimum atomic E-state index is 0.444. The molecule has 1 aromatic heterocycles. The second kappa shape index (κ2) is 6.80. The number of alkyl halides is 1. The van der Waals surface area contributed by atoms with Gasteiger partial charge in [-0.15, -0.1) is 16.7 Å². The zero-order valence-corrected chi connectivity index (χ0v) is 10.1. The van der Waals surface area contributed by atoms with E-state index < -0.39 is 0 Å². The molecule has 0 saturated carbocycles. The smallest absolute Gasteiger partial charge is 0.101 e. The van der Waals surface area contributed by atoms with Gasteiger partial charge < -0.3 is 4.74 Å². The maximum absolute atomic E-state index is 5.80. The molecular formula is C10H18ClN3O. The lowest BCUT2D eigenvalue weighted by Crippen LogP contribution is -2.08. The summed E-state index contributed by atoms with van der Waals surface area (Å²) in [4.78, 5) is 0. The fourth-order valence-corrected chi connectivity index (χ4v) is 1.73. The third-order valence-electron chi connectivity index (χ3n) is 2.25. The SMILES string of the molecule is CCCc1c(CCl)nnn1CCCOC. The largest absolute Gasteiger partial charge is 0.385 e. The van der Waals surface area contributed by atoms with Crippen LogP contribution >= 0.6 is 11.6 Å². The van der Waals surface area contributed by atoms with E-state index in [1.807, 2.05) is 4.68 Å². The van der Waals surface area contributed by atoms with Gasteiger partial charge in [-0.2, -0.15) is 0 Å². The van der Waals surface area contributed by atoms with Crippen molar-refractivity contribution in [1.29, 1.82) is 0 Å². The number of hydrogen-bond donors (Lipinski definition) is 0. The predicted octanol–water partition coefficient (Wildman–Crippen LogP) is 2.01. The quantitative estimate of drug-likeness (QED) is 0.532. The molecule has 0 aliphatic carbocycles. The molecule has 1 heterocycles. The van der Waals surface area contributed by atoms with Crippen molar-refractivity contribution in [2.45, 2.75) is 38.6 Å². The maximum atomic E-state index is 5.80. The van der Waals surface area contributed by atoms with Crippen LogP contribution in [0.5, 0.6) is 0 Å². The van der Waals surface area contributed by atoms with Gasteiger partial charge in [-0.05, 0) is 12.8 Å². The molecule has 0 aromatic carbocycles. The van der Waals surface area contributed by atoms with Crippen molar-refractivity contribution in [3.8, 4) is 0 Å². The highest BCUT2D eigenvalue weighted by molar-refractivity contribution is 6.16. The fraction of sp³-hybridized carbons (Fsp3) is 0.800. The van der Waals surface area contributed by atoms with Crippen molar-refractivity contribution in [1.82, 2.24) is 15.0 Å². The van der Waals surface area contributed by atoms with E-state index in [-0.39, 0.29) is 0 Å². The number of nitrogens with zero attached hydrogens (tertiary/aromatic N) is 3. The van der Waals surface area contributed by atoms with Gasteiger partial charge in [0, 0.05) is 20.3 Å². The van der Waals surface area contributed by atoms with Gasteiger partial charge in [0.15, 0.2) is 0 Å². The Morgan fingerprint density at radius 3 is 2.87 bits per heavy atom. The lowest BCUT2D eigenvalue weighted by molar-refractivity contribution is 0.188. The Morgan fingerprint density at radius 2 is 2.27 bits per heavy atom. The number of rotatable bonds is 7. The van der Waals surface area contributed by atoms with E-state index in [4.69, 9.17) is 16.3 Å². The highest BCUT2D eigenvalue weighted by Gasteiger charge is 2.10. The Balaban J connectivity index is 2.64. The van der Waals surface area contributed by atoms with Crippen molar-refractivity contribution in [3.63, 3.8) is 0 Å². The molecule has 1 rings (SSSR count). The topological polar surface area (TPSA) is 39.9 Å². The Labute approximate surface area is 95.6 Å². The second-order valence-corrected chi connectivity index (χ2v) is 3.70. The van der Waals surface area contributed by atoms with Gasteiger partial charge in [0.05, 0.1) is 11.6 Å². The van der Waals surface area contributed by atoms with Crippen molar-refractivity contribution in [3.05, 3.63) is 11.4 Å². The van der Waals surface area contributed by atoms with E-state index in [2.05, 4.69) is 17.2 Å². The summed E-state index contributed by atoms with van der Waals surface area (Å²) >= 11 is 5.80. The Kier molecular flexibility index (Phi) is 5.65. The average Bonchev–Trinajstić information content (AvgIpc) is 2.62. The van der Waals surface area contributed by atoms with E-state index in [0.717, 1.165) is 38.1 Å². The van der Waals surface area contributed by atoms with Gasteiger partial charge in [-0.3, -0.25) is 0 Å². The van der Waals surface area contributed by atoms with Crippen LogP contribution in [0.3, 0.4) is 0 Å². The molecule has 0 atom stereocenters. The van der Waals surface area contributed by atoms with Crippen molar-refractivity contribution in [2.75, 3.05) is 13.7 Å². The van der Waals surface area contributed by atoms with Crippen LogP contribution in [0.2, 0.25) is 0 Å². The first-order valence-electron chi connectivity index (χ1n) is 5.29. The molecule has 0 aliphatic heterocycles. The summed E-state index contributed by atoms with van der Waals surface area (Å²) in [5, 5.41) is 8.18. The molecule has 0 N–H and O–H groups in total. The average molecular weight is 232 g/mol. The molecular weight excluding hydrogens is 214 g/mol. The Bertz CT molecular complexity index is 288. The van der Waals surface area contributed by atoms with Crippen LogP contribution in [-0.2, 0) is 23.6 Å². The zero-order valence-electron chi connectivity index (χ0n) is 9.37. The maximum Gasteiger partial charge on any atom is 0.101 e. The Morgan fingerprint density at radius 1 is 1.47 bits per heavy atom. The minimum Gasteiger partial charge on any atom is -0.385 e. The van der Waals surface area contributed by atoms with Gasteiger partial charge in [-0.1, -0.05) is 18.6 Å². The second-order valence-electron chi connectivity index (χ2n) is 3.44. The molecule has 1 aromatic rings. The Hall–Kier alpha value is -0.610. The third kappa shape index (κ3) is 3.47. The molecule has 0 aliphatic rings. The molecule has 0 bridgehead atoms. The van der Waals surface area contributed by atoms with E-state index in [9.17, 15) is 0 Å². The highest BCUT2D eigenvalue weighted by atomic mass is 35.5. The van der Waals surface area contributed by atoms with Crippen LogP contribution in [0.1, 0.15) is 31.2 Å². The summed E-state index contributed by atoms with van der Waals surface area (Å²) in [7, 11) is 1.71. The highest BCUT2D eigenvalue weighted by Crippen LogP contribution is 2.11. The van der Waals surface area contributed by atoms with Gasteiger partial charge in [0.2, 0.25) is 0 Å². The number of halogens is 1. The van der Waals surface area contributed by atoms with E-state index in [1.165, 1.54) is 5.69 Å². The summed E-state index contributed by atoms with van der Waals surface area (Å²) < 4.78 is 6.95. The zero-order chi connectivity index (χ0) is 11.1. The number of aromatic nitrogens is 3. The molecule has 0 radical (unpaired) electrons. The standard InChI is InChI=1S/C10H18ClN3O/c1-3-5-10-9(8-11)12-13-14(10)6-4-7-15-2/h3-8H2,1-2H3. The predicted molar refractivity (Wildman–Crippen MR) is 60.1 cm³/mol. The van der Waals surface area contributed by atoms with Crippen molar-refractivity contribution in [2.24, 2.45) is 0 Å². The molecule has 0 unspecified atom stereocenters. The van der Waals surface area contributed by atoms with Gasteiger partial charge in [0.25, 0.3) is 0 Å². The first-order chi connectivity index (χ1) is 7.33. The van der Waals surface area contributed by atoms with Crippen LogP contribution in [0.4, 0.5) is 0 Å². The molecule has 0 fully saturated rings. The van der Waals surface area contributed by atoms with Crippen LogP contribution in [0.25, 0.3) is 0 Å². The van der Waals surface area contributed by atoms with Gasteiger partial charge in [-0.25, -0.2) is 4.68 Å². The lowest BCUT2D eigenvalue weighted by Gasteiger charge is -2.05. The van der Waals surface area contributed by atoms with E-state index in [1.54, 1.807) is 7.11 Å². The molecule has 5 heteroatoms. The molecule has 0 spiro atoms. The molecule has 86 valence electrons. The summed E-state index contributed by atoms with van der Waals surface area (Å²) in [6, 6.07) is 0. The van der Waals surface area contributed by atoms with Crippen molar-refractivity contribution < 1.29 is 4.74 Å². The number of ether oxygens (including phenoxy) is 1. The molecule has 4 nitrogen and oxygen atoms in total. The number of aryl methyl sites for hydroxylation is 1. The fourth-order valence-electron chi connectivity index (χ4n) is 1.52. The monoisotopic (exact) mass is 231 g/mol.